The Bertz CT molecular complexity index is 1730. The monoisotopic (exact) mass is 558 g/mol. The Hall–Kier alpha value is -4.38. The van der Waals surface area contributed by atoms with Crippen molar-refractivity contribution in [3.8, 4) is 22.7 Å². The fourth-order valence-electron chi connectivity index (χ4n) is 5.25. The minimum Gasteiger partial charge on any atom is -0.482 e. The van der Waals surface area contributed by atoms with E-state index in [2.05, 4.69) is 9.88 Å². The van der Waals surface area contributed by atoms with Gasteiger partial charge in [-0.2, -0.15) is 0 Å². The molecule has 2 aliphatic rings. The van der Waals surface area contributed by atoms with Crippen molar-refractivity contribution >= 4 is 34.5 Å². The van der Waals surface area contributed by atoms with E-state index in [0.717, 1.165) is 42.0 Å². The smallest absolute Gasteiger partial charge is 0.297 e. The van der Waals surface area contributed by atoms with Crippen molar-refractivity contribution in [2.24, 2.45) is 12.0 Å². The molecular weight excluding hydrogens is 528 g/mol. The van der Waals surface area contributed by atoms with E-state index in [1.165, 1.54) is 11.3 Å². The van der Waals surface area contributed by atoms with Gasteiger partial charge in [-0.25, -0.2) is 9.67 Å². The second kappa shape index (κ2) is 10.6. The lowest BCUT2D eigenvalue weighted by molar-refractivity contribution is -0.127. The van der Waals surface area contributed by atoms with Gasteiger partial charge in [0.15, 0.2) is 17.1 Å². The van der Waals surface area contributed by atoms with Gasteiger partial charge < -0.3 is 19.5 Å². The Morgan fingerprint density at radius 2 is 1.90 bits per heavy atom. The van der Waals surface area contributed by atoms with E-state index in [1.807, 2.05) is 77.5 Å². The van der Waals surface area contributed by atoms with E-state index < -0.39 is 0 Å². The van der Waals surface area contributed by atoms with Crippen LogP contribution in [-0.2, 0) is 23.2 Å². The van der Waals surface area contributed by atoms with Crippen LogP contribution >= 0.6 is 11.3 Å². The van der Waals surface area contributed by atoms with Crippen LogP contribution in [0, 0.1) is 6.92 Å². The summed E-state index contributed by atoms with van der Waals surface area (Å²) in [5.74, 6) is 0.638. The molecule has 2 amide bonds. The highest BCUT2D eigenvalue weighted by Gasteiger charge is 2.21. The number of fused-ring (bicyclic) bond motifs is 1. The Morgan fingerprint density at radius 1 is 1.07 bits per heavy atom. The number of ether oxygens (including phenoxy) is 1. The summed E-state index contributed by atoms with van der Waals surface area (Å²) in [5, 5.41) is 4.89. The van der Waals surface area contributed by atoms with Gasteiger partial charge in [0.05, 0.1) is 22.8 Å². The number of nitrogens with one attached hydrogen (secondary N) is 1. The minimum atomic E-state index is -0.192. The van der Waals surface area contributed by atoms with Gasteiger partial charge in [-0.15, -0.1) is 11.3 Å². The third kappa shape index (κ3) is 4.77. The zero-order valence-corrected chi connectivity index (χ0v) is 23.2. The van der Waals surface area contributed by atoms with Gasteiger partial charge in [0.25, 0.3) is 11.5 Å². The molecule has 2 aliphatic heterocycles. The highest BCUT2D eigenvalue weighted by Crippen LogP contribution is 2.33. The van der Waals surface area contributed by atoms with Crippen molar-refractivity contribution in [3.05, 3.63) is 74.8 Å². The van der Waals surface area contributed by atoms with Crippen molar-refractivity contribution in [1.82, 2.24) is 18.8 Å². The van der Waals surface area contributed by atoms with Crippen molar-refractivity contribution < 1.29 is 14.3 Å². The lowest BCUT2D eigenvalue weighted by Crippen LogP contribution is -2.27. The summed E-state index contributed by atoms with van der Waals surface area (Å²) < 4.78 is 11.1. The summed E-state index contributed by atoms with van der Waals surface area (Å²) in [7, 11) is 1.85. The molecule has 0 aliphatic carbocycles. The molecule has 1 saturated heterocycles. The summed E-state index contributed by atoms with van der Waals surface area (Å²) in [6, 6.07) is 15.2. The number of likely N-dealkylation sites (tertiary alicyclic amines) is 1. The van der Waals surface area contributed by atoms with Crippen LogP contribution in [0.4, 0.5) is 11.4 Å². The van der Waals surface area contributed by atoms with Crippen LogP contribution in [0.15, 0.2) is 63.7 Å². The summed E-state index contributed by atoms with van der Waals surface area (Å²) in [6.45, 7) is 3.97. The van der Waals surface area contributed by atoms with Crippen LogP contribution in [0.25, 0.3) is 16.9 Å². The topological polar surface area (TPSA) is 103 Å². The average Bonchev–Trinajstić information content (AvgIpc) is 3.62. The minimum absolute atomic E-state index is 0.0000170. The van der Waals surface area contributed by atoms with Gasteiger partial charge in [0.1, 0.15) is 5.75 Å². The Morgan fingerprint density at radius 3 is 2.67 bits per heavy atom. The van der Waals surface area contributed by atoms with Crippen molar-refractivity contribution in [3.63, 3.8) is 0 Å². The van der Waals surface area contributed by atoms with E-state index in [0.29, 0.717) is 41.4 Å². The van der Waals surface area contributed by atoms with Crippen LogP contribution in [0.3, 0.4) is 0 Å². The van der Waals surface area contributed by atoms with Gasteiger partial charge in [-0.1, -0.05) is 18.2 Å². The first-order chi connectivity index (χ1) is 19.4. The Labute approximate surface area is 234 Å². The molecule has 0 atom stereocenters. The van der Waals surface area contributed by atoms with E-state index in [-0.39, 0.29) is 24.0 Å². The number of aromatic nitrogens is 3. The van der Waals surface area contributed by atoms with Gasteiger partial charge in [0.2, 0.25) is 5.91 Å². The average molecular weight is 559 g/mol. The van der Waals surface area contributed by atoms with Crippen molar-refractivity contribution in [2.45, 2.75) is 32.7 Å². The number of nitrogens with zero attached hydrogens (tertiary/aromatic N) is 5. The number of benzene rings is 2. The molecule has 0 bridgehead atoms. The predicted octanol–water partition coefficient (Wildman–Crippen LogP) is 3.59. The van der Waals surface area contributed by atoms with Gasteiger partial charge in [-0.05, 0) is 50.1 Å². The number of anilines is 1. The van der Waals surface area contributed by atoms with E-state index in [4.69, 9.17) is 9.73 Å². The van der Waals surface area contributed by atoms with Gasteiger partial charge in [-0.3, -0.25) is 19.1 Å². The summed E-state index contributed by atoms with van der Waals surface area (Å²) >= 11 is 1.46. The lowest BCUT2D eigenvalue weighted by Gasteiger charge is -2.19. The molecule has 0 spiro atoms. The summed E-state index contributed by atoms with van der Waals surface area (Å²) in [5.41, 5.74) is 4.15. The highest BCUT2D eigenvalue weighted by molar-refractivity contribution is 7.07. The van der Waals surface area contributed by atoms with Gasteiger partial charge >= 0.3 is 0 Å². The number of carbonyl (C=O) groups is 2. The SMILES string of the molecule is Cc1c(N=c2scc(-c3ccc4c(c3)NC(=O)CO4)n2CCCN2CCCC2=O)c(=O)n(-c2ccccc2)n1C. The number of amides is 2. The quantitative estimate of drug-likeness (QED) is 0.375. The first-order valence-electron chi connectivity index (χ1n) is 13.3. The van der Waals surface area contributed by atoms with Crippen LogP contribution in [0.1, 0.15) is 25.0 Å². The predicted molar refractivity (Wildman–Crippen MR) is 153 cm³/mol. The standard InChI is InChI=1S/C29H30N6O4S/c1-19-27(28(38)35(32(19)2)21-8-4-3-5-9-21)31-29-34(15-7-14-33-13-6-10-26(33)37)23(18-40-29)20-11-12-24-22(16-20)30-25(36)17-39-24/h3-5,8-9,11-12,16,18H,6-7,10,13-15,17H2,1-2H3,(H,30,36). The molecule has 2 aromatic carbocycles. The van der Waals surface area contributed by atoms with E-state index >= 15 is 0 Å². The van der Waals surface area contributed by atoms with Crippen LogP contribution in [-0.4, -0.2) is 50.3 Å². The third-order valence-corrected chi connectivity index (χ3v) is 8.28. The number of rotatable bonds is 7. The van der Waals surface area contributed by atoms with Crippen LogP contribution in [0.5, 0.6) is 5.75 Å². The lowest BCUT2D eigenvalue weighted by atomic mass is 10.1. The fourth-order valence-corrected chi connectivity index (χ4v) is 6.19. The molecule has 4 heterocycles. The van der Waals surface area contributed by atoms with Crippen LogP contribution < -0.4 is 20.4 Å². The number of thiazole rings is 1. The maximum Gasteiger partial charge on any atom is 0.297 e. The number of carbonyl (C=O) groups excluding carboxylic acids is 2. The molecule has 0 radical (unpaired) electrons. The first kappa shape index (κ1) is 25.9. The highest BCUT2D eigenvalue weighted by atomic mass is 32.1. The summed E-state index contributed by atoms with van der Waals surface area (Å²) in [4.78, 5) is 45.2. The molecular formula is C29H30N6O4S. The molecule has 6 rings (SSSR count). The number of para-hydroxylation sites is 1. The van der Waals surface area contributed by atoms with Crippen molar-refractivity contribution in [2.75, 3.05) is 25.0 Å². The van der Waals surface area contributed by atoms with Crippen LogP contribution in [0.2, 0.25) is 0 Å². The summed E-state index contributed by atoms with van der Waals surface area (Å²) in [6.07, 6.45) is 2.26. The maximum atomic E-state index is 13.6. The third-order valence-electron chi connectivity index (χ3n) is 7.42. The zero-order chi connectivity index (χ0) is 27.8. The molecule has 0 unspecified atom stereocenters. The molecule has 10 nitrogen and oxygen atoms in total. The largest absolute Gasteiger partial charge is 0.482 e. The number of hydrogen-bond acceptors (Lipinski definition) is 6. The Balaban J connectivity index is 1.42. The number of hydrogen-bond donors (Lipinski definition) is 1. The molecule has 4 aromatic rings. The second-order valence-electron chi connectivity index (χ2n) is 9.96. The molecule has 40 heavy (non-hydrogen) atoms. The van der Waals surface area contributed by atoms with Crippen molar-refractivity contribution in [1.29, 1.82) is 0 Å². The van der Waals surface area contributed by atoms with E-state index in [9.17, 15) is 14.4 Å². The fraction of sp³-hybridized carbons (Fsp3) is 0.310. The molecule has 0 saturated carbocycles. The molecule has 1 N–H and O–H groups in total. The maximum absolute atomic E-state index is 13.6. The zero-order valence-electron chi connectivity index (χ0n) is 22.4. The van der Waals surface area contributed by atoms with E-state index in [1.54, 1.807) is 4.68 Å². The normalized spacial score (nSPS) is 15.3. The first-order valence-corrected chi connectivity index (χ1v) is 14.2. The second-order valence-corrected chi connectivity index (χ2v) is 10.8. The molecule has 2 aromatic heterocycles. The Kier molecular flexibility index (Phi) is 6.89. The molecule has 11 heteroatoms. The molecule has 206 valence electrons. The van der Waals surface area contributed by atoms with Gasteiger partial charge in [0, 0.05) is 44.0 Å². The molecule has 1 fully saturated rings.